The van der Waals surface area contributed by atoms with Gasteiger partial charge in [-0.05, 0) is 33.2 Å². The molecule has 0 rings (SSSR count). The van der Waals surface area contributed by atoms with Crippen LogP contribution in [0.25, 0.3) is 0 Å². The SMILES string of the molecule is CNCC(C)(C)CN(CC=O)C(=O)OC(C)(C)C. The summed E-state index contributed by atoms with van der Waals surface area (Å²) >= 11 is 0. The molecule has 0 aromatic rings. The fraction of sp³-hybridized carbons (Fsp3) is 0.846. The van der Waals surface area contributed by atoms with Gasteiger partial charge in [0.25, 0.3) is 0 Å². The van der Waals surface area contributed by atoms with Crippen LogP contribution in [0.4, 0.5) is 4.79 Å². The number of ether oxygens (including phenoxy) is 1. The van der Waals surface area contributed by atoms with Crippen molar-refractivity contribution in [2.75, 3.05) is 26.7 Å². The molecule has 0 radical (unpaired) electrons. The van der Waals surface area contributed by atoms with Crippen LogP contribution in [0, 0.1) is 5.41 Å². The lowest BCUT2D eigenvalue weighted by Gasteiger charge is -2.33. The van der Waals surface area contributed by atoms with Crippen LogP contribution in [0.5, 0.6) is 0 Å². The summed E-state index contributed by atoms with van der Waals surface area (Å²) in [5, 5.41) is 3.08. The number of nitrogens with zero attached hydrogens (tertiary/aromatic N) is 1. The van der Waals surface area contributed by atoms with Crippen LogP contribution >= 0.6 is 0 Å². The van der Waals surface area contributed by atoms with E-state index in [2.05, 4.69) is 5.32 Å². The maximum Gasteiger partial charge on any atom is 0.410 e. The summed E-state index contributed by atoms with van der Waals surface area (Å²) in [6.45, 7) is 10.8. The van der Waals surface area contributed by atoms with Gasteiger partial charge in [0, 0.05) is 13.1 Å². The van der Waals surface area contributed by atoms with Crippen molar-refractivity contribution in [3.8, 4) is 0 Å². The zero-order chi connectivity index (χ0) is 14.4. The third kappa shape index (κ3) is 7.27. The highest BCUT2D eigenvalue weighted by atomic mass is 16.6. The van der Waals surface area contributed by atoms with E-state index in [0.717, 1.165) is 12.8 Å². The molecule has 0 aliphatic heterocycles. The molecule has 0 heterocycles. The molecule has 18 heavy (non-hydrogen) atoms. The van der Waals surface area contributed by atoms with Gasteiger partial charge in [0.1, 0.15) is 11.9 Å². The smallest absolute Gasteiger partial charge is 0.410 e. The first-order valence-electron chi connectivity index (χ1n) is 6.17. The van der Waals surface area contributed by atoms with Crippen LogP contribution < -0.4 is 5.32 Å². The normalized spacial score (nSPS) is 12.1. The molecule has 1 amide bonds. The number of amides is 1. The van der Waals surface area contributed by atoms with E-state index in [4.69, 9.17) is 4.74 Å². The Labute approximate surface area is 110 Å². The molecular weight excluding hydrogens is 232 g/mol. The summed E-state index contributed by atoms with van der Waals surface area (Å²) in [6, 6.07) is 0. The minimum absolute atomic E-state index is 0.0576. The molecule has 0 aliphatic rings. The maximum absolute atomic E-state index is 12.0. The van der Waals surface area contributed by atoms with E-state index in [1.165, 1.54) is 4.90 Å². The summed E-state index contributed by atoms with van der Waals surface area (Å²) in [7, 11) is 1.86. The van der Waals surface area contributed by atoms with E-state index < -0.39 is 11.7 Å². The van der Waals surface area contributed by atoms with Gasteiger partial charge < -0.3 is 19.7 Å². The highest BCUT2D eigenvalue weighted by Crippen LogP contribution is 2.17. The third-order valence-electron chi connectivity index (χ3n) is 2.22. The summed E-state index contributed by atoms with van der Waals surface area (Å²) < 4.78 is 5.28. The van der Waals surface area contributed by atoms with Crippen molar-refractivity contribution in [1.82, 2.24) is 10.2 Å². The van der Waals surface area contributed by atoms with Gasteiger partial charge in [-0.3, -0.25) is 0 Å². The standard InChI is InChI=1S/C13H26N2O3/c1-12(2,3)18-11(17)15(7-8-16)10-13(4,5)9-14-6/h8,14H,7,9-10H2,1-6H3. The Balaban J connectivity index is 4.65. The first kappa shape index (κ1) is 16.9. The molecule has 0 bridgehead atoms. The molecule has 0 saturated carbocycles. The van der Waals surface area contributed by atoms with Gasteiger partial charge in [0.15, 0.2) is 0 Å². The van der Waals surface area contributed by atoms with Crippen LogP contribution in [0.1, 0.15) is 34.6 Å². The van der Waals surface area contributed by atoms with Crippen LogP contribution in [0.15, 0.2) is 0 Å². The van der Waals surface area contributed by atoms with Gasteiger partial charge in [-0.2, -0.15) is 0 Å². The Bertz CT molecular complexity index is 282. The van der Waals surface area contributed by atoms with E-state index in [0.29, 0.717) is 6.54 Å². The van der Waals surface area contributed by atoms with Gasteiger partial charge in [0.05, 0.1) is 6.54 Å². The van der Waals surface area contributed by atoms with Crippen molar-refractivity contribution in [1.29, 1.82) is 0 Å². The van der Waals surface area contributed by atoms with Gasteiger partial charge in [-0.15, -0.1) is 0 Å². The summed E-state index contributed by atoms with van der Waals surface area (Å²) in [6.07, 6.45) is 0.276. The van der Waals surface area contributed by atoms with Gasteiger partial charge in [-0.1, -0.05) is 13.8 Å². The Morgan fingerprint density at radius 3 is 2.22 bits per heavy atom. The molecule has 0 aromatic heterocycles. The monoisotopic (exact) mass is 258 g/mol. The Morgan fingerprint density at radius 2 is 1.83 bits per heavy atom. The van der Waals surface area contributed by atoms with Crippen molar-refractivity contribution >= 4 is 12.4 Å². The summed E-state index contributed by atoms with van der Waals surface area (Å²) in [4.78, 5) is 24.1. The first-order valence-corrected chi connectivity index (χ1v) is 6.17. The number of aldehydes is 1. The lowest BCUT2D eigenvalue weighted by molar-refractivity contribution is -0.109. The van der Waals surface area contributed by atoms with Gasteiger partial charge in [0.2, 0.25) is 0 Å². The Kier molecular flexibility index (Phi) is 6.32. The molecule has 106 valence electrons. The minimum atomic E-state index is -0.550. The molecule has 0 atom stereocenters. The van der Waals surface area contributed by atoms with Gasteiger partial charge in [-0.25, -0.2) is 4.79 Å². The number of nitrogens with one attached hydrogen (secondary N) is 1. The van der Waals surface area contributed by atoms with E-state index in [1.54, 1.807) is 0 Å². The molecule has 0 unspecified atom stereocenters. The zero-order valence-corrected chi connectivity index (χ0v) is 12.4. The molecule has 0 aromatic carbocycles. The van der Waals surface area contributed by atoms with Crippen molar-refractivity contribution < 1.29 is 14.3 Å². The molecule has 0 spiro atoms. The largest absolute Gasteiger partial charge is 0.444 e. The fourth-order valence-corrected chi connectivity index (χ4v) is 1.67. The van der Waals surface area contributed by atoms with Crippen molar-refractivity contribution in [2.45, 2.75) is 40.2 Å². The van der Waals surface area contributed by atoms with Crippen molar-refractivity contribution in [3.05, 3.63) is 0 Å². The number of hydrogen-bond acceptors (Lipinski definition) is 4. The zero-order valence-electron chi connectivity index (χ0n) is 12.4. The van der Waals surface area contributed by atoms with E-state index >= 15 is 0 Å². The Morgan fingerprint density at radius 1 is 1.28 bits per heavy atom. The Hall–Kier alpha value is -1.10. The molecule has 1 N–H and O–H groups in total. The predicted octanol–water partition coefficient (Wildman–Crippen LogP) is 1.67. The van der Waals surface area contributed by atoms with E-state index in [-0.39, 0.29) is 12.0 Å². The van der Waals surface area contributed by atoms with E-state index in [1.807, 2.05) is 41.7 Å². The number of carbonyl (C=O) groups excluding carboxylic acids is 2. The highest BCUT2D eigenvalue weighted by molar-refractivity contribution is 5.71. The lowest BCUT2D eigenvalue weighted by Crippen LogP contribution is -2.45. The van der Waals surface area contributed by atoms with Gasteiger partial charge >= 0.3 is 6.09 Å². The molecule has 0 saturated heterocycles. The third-order valence-corrected chi connectivity index (χ3v) is 2.22. The second-order valence-electron chi connectivity index (χ2n) is 6.22. The van der Waals surface area contributed by atoms with Crippen LogP contribution in [0.3, 0.4) is 0 Å². The van der Waals surface area contributed by atoms with Crippen LogP contribution in [-0.4, -0.2) is 49.6 Å². The maximum atomic E-state index is 12.0. The van der Waals surface area contributed by atoms with Crippen molar-refractivity contribution in [3.63, 3.8) is 0 Å². The topological polar surface area (TPSA) is 58.6 Å². The molecule has 0 aliphatic carbocycles. The lowest BCUT2D eigenvalue weighted by atomic mass is 9.93. The average Bonchev–Trinajstić information content (AvgIpc) is 2.13. The quantitative estimate of drug-likeness (QED) is 0.736. The second-order valence-corrected chi connectivity index (χ2v) is 6.22. The highest BCUT2D eigenvalue weighted by Gasteiger charge is 2.27. The average molecular weight is 258 g/mol. The summed E-state index contributed by atoms with van der Waals surface area (Å²) in [5.74, 6) is 0. The second kappa shape index (κ2) is 6.73. The predicted molar refractivity (Wildman–Crippen MR) is 71.6 cm³/mol. The summed E-state index contributed by atoms with van der Waals surface area (Å²) in [5.41, 5.74) is -0.667. The number of rotatable bonds is 6. The molecule has 5 nitrogen and oxygen atoms in total. The molecule has 5 heteroatoms. The first-order chi connectivity index (χ1) is 8.11. The number of carbonyl (C=O) groups is 2. The van der Waals surface area contributed by atoms with E-state index in [9.17, 15) is 9.59 Å². The van der Waals surface area contributed by atoms with Crippen molar-refractivity contribution in [2.24, 2.45) is 5.41 Å². The number of hydrogen-bond donors (Lipinski definition) is 1. The van der Waals surface area contributed by atoms with Crippen LogP contribution in [0.2, 0.25) is 0 Å². The molecular formula is C13H26N2O3. The molecule has 0 fully saturated rings. The van der Waals surface area contributed by atoms with Crippen LogP contribution in [-0.2, 0) is 9.53 Å². The minimum Gasteiger partial charge on any atom is -0.444 e. The fourth-order valence-electron chi connectivity index (χ4n) is 1.67.